The highest BCUT2D eigenvalue weighted by atomic mass is 19.1. The van der Waals surface area contributed by atoms with Crippen LogP contribution in [-0.4, -0.2) is 33.4 Å². The second kappa shape index (κ2) is 9.39. The lowest BCUT2D eigenvalue weighted by Crippen LogP contribution is -2.35. The van der Waals surface area contributed by atoms with Gasteiger partial charge in [0.25, 0.3) is 5.56 Å². The lowest BCUT2D eigenvalue weighted by atomic mass is 9.99. The van der Waals surface area contributed by atoms with E-state index in [2.05, 4.69) is 28.2 Å². The summed E-state index contributed by atoms with van der Waals surface area (Å²) in [7, 11) is 0. The zero-order valence-corrected chi connectivity index (χ0v) is 17.7. The third kappa shape index (κ3) is 5.17. The number of piperidine rings is 1. The van der Waals surface area contributed by atoms with Crippen LogP contribution in [0.3, 0.4) is 0 Å². The maximum Gasteiger partial charge on any atom is 0.261 e. The smallest absolute Gasteiger partial charge is 0.261 e. The van der Waals surface area contributed by atoms with Crippen molar-refractivity contribution in [2.75, 3.05) is 13.1 Å². The van der Waals surface area contributed by atoms with Crippen molar-refractivity contribution in [3.05, 3.63) is 76.1 Å². The zero-order chi connectivity index (χ0) is 21.8. The fourth-order valence-corrected chi connectivity index (χ4v) is 4.20. The average Bonchev–Trinajstić information content (AvgIpc) is 2.75. The number of carbonyl (C=O) groups is 1. The fraction of sp³-hybridized carbons (Fsp3) is 0.375. The van der Waals surface area contributed by atoms with E-state index in [1.807, 2.05) is 18.2 Å². The third-order valence-electron chi connectivity index (χ3n) is 5.83. The summed E-state index contributed by atoms with van der Waals surface area (Å²) in [4.78, 5) is 31.7. The van der Waals surface area contributed by atoms with Gasteiger partial charge in [0.1, 0.15) is 12.4 Å². The molecule has 1 saturated heterocycles. The van der Waals surface area contributed by atoms with Crippen molar-refractivity contribution < 1.29 is 9.18 Å². The molecule has 7 heteroatoms. The lowest BCUT2D eigenvalue weighted by molar-refractivity contribution is -0.121. The van der Waals surface area contributed by atoms with E-state index >= 15 is 0 Å². The van der Waals surface area contributed by atoms with Crippen LogP contribution in [0.2, 0.25) is 0 Å². The van der Waals surface area contributed by atoms with Crippen LogP contribution in [0.15, 0.2) is 53.6 Å². The van der Waals surface area contributed by atoms with E-state index in [4.69, 9.17) is 0 Å². The minimum Gasteiger partial charge on any atom is -0.350 e. The molecular formula is C24H27FN4O2. The molecule has 2 aromatic carbocycles. The van der Waals surface area contributed by atoms with Gasteiger partial charge in [0.15, 0.2) is 0 Å². The first-order valence-electron chi connectivity index (χ1n) is 10.7. The second-order valence-corrected chi connectivity index (χ2v) is 8.37. The first kappa shape index (κ1) is 21.2. The molecule has 6 nitrogen and oxygen atoms in total. The van der Waals surface area contributed by atoms with E-state index in [0.717, 1.165) is 31.3 Å². The number of halogens is 1. The second-order valence-electron chi connectivity index (χ2n) is 8.37. The molecule has 0 aliphatic carbocycles. The number of nitrogens with one attached hydrogen (secondary N) is 1. The Kier molecular flexibility index (Phi) is 6.42. The summed E-state index contributed by atoms with van der Waals surface area (Å²) < 4.78 is 14.7. The van der Waals surface area contributed by atoms with Gasteiger partial charge in [-0.3, -0.25) is 19.1 Å². The van der Waals surface area contributed by atoms with Gasteiger partial charge in [-0.2, -0.15) is 0 Å². The van der Waals surface area contributed by atoms with Crippen LogP contribution in [0.5, 0.6) is 0 Å². The van der Waals surface area contributed by atoms with Gasteiger partial charge in [-0.15, -0.1) is 0 Å². The fourth-order valence-electron chi connectivity index (χ4n) is 4.20. The van der Waals surface area contributed by atoms with Gasteiger partial charge in [-0.25, -0.2) is 9.37 Å². The van der Waals surface area contributed by atoms with Gasteiger partial charge in [0, 0.05) is 19.6 Å². The summed E-state index contributed by atoms with van der Waals surface area (Å²) in [5, 5.41) is 3.06. The Morgan fingerprint density at radius 3 is 2.84 bits per heavy atom. The van der Waals surface area contributed by atoms with Crippen LogP contribution >= 0.6 is 0 Å². The number of fused-ring (bicyclic) bond motifs is 1. The Labute approximate surface area is 180 Å². The topological polar surface area (TPSA) is 67.2 Å². The average molecular weight is 423 g/mol. The predicted octanol–water partition coefficient (Wildman–Crippen LogP) is 3.08. The van der Waals surface area contributed by atoms with Crippen LogP contribution in [0.1, 0.15) is 30.9 Å². The van der Waals surface area contributed by atoms with E-state index in [-0.39, 0.29) is 17.8 Å². The van der Waals surface area contributed by atoms with E-state index in [1.165, 1.54) is 41.4 Å². The number of rotatable bonds is 6. The molecule has 0 radical (unpaired) electrons. The highest BCUT2D eigenvalue weighted by molar-refractivity contribution is 5.79. The Bertz CT molecular complexity index is 1140. The minimum atomic E-state index is -0.506. The highest BCUT2D eigenvalue weighted by Crippen LogP contribution is 2.19. The molecule has 1 aromatic heterocycles. The number of nitrogens with zero attached hydrogens (tertiary/aromatic N) is 3. The predicted molar refractivity (Wildman–Crippen MR) is 118 cm³/mol. The zero-order valence-electron chi connectivity index (χ0n) is 17.7. The van der Waals surface area contributed by atoms with Crippen molar-refractivity contribution in [2.45, 2.75) is 39.4 Å². The molecular weight excluding hydrogens is 395 g/mol. The maximum absolute atomic E-state index is 13.5. The summed E-state index contributed by atoms with van der Waals surface area (Å²) in [6.45, 7) is 5.59. The van der Waals surface area contributed by atoms with Gasteiger partial charge < -0.3 is 5.32 Å². The van der Waals surface area contributed by atoms with Crippen LogP contribution in [0.25, 0.3) is 10.9 Å². The Morgan fingerprint density at radius 2 is 2.03 bits per heavy atom. The maximum atomic E-state index is 13.5. The monoisotopic (exact) mass is 422 g/mol. The van der Waals surface area contributed by atoms with Crippen molar-refractivity contribution in [3.63, 3.8) is 0 Å². The van der Waals surface area contributed by atoms with Gasteiger partial charge in [-0.05, 0) is 54.6 Å². The van der Waals surface area contributed by atoms with E-state index < -0.39 is 11.4 Å². The summed E-state index contributed by atoms with van der Waals surface area (Å²) in [6, 6.07) is 12.0. The molecule has 1 atom stereocenters. The van der Waals surface area contributed by atoms with Crippen molar-refractivity contribution >= 4 is 16.8 Å². The first-order chi connectivity index (χ1) is 15.0. The lowest BCUT2D eigenvalue weighted by Gasteiger charge is -2.31. The van der Waals surface area contributed by atoms with Crippen molar-refractivity contribution in [3.8, 4) is 0 Å². The highest BCUT2D eigenvalue weighted by Gasteiger charge is 2.17. The molecule has 3 aromatic rings. The molecule has 1 fully saturated rings. The normalized spacial score (nSPS) is 17.0. The largest absolute Gasteiger partial charge is 0.350 e. The Hall–Kier alpha value is -3.06. The van der Waals surface area contributed by atoms with E-state index in [0.29, 0.717) is 18.0 Å². The standard InChI is InChI=1S/C24H27FN4O2/c1-17-5-4-10-28(13-17)14-19-7-3-2-6-18(19)12-26-23(30)15-29-16-27-22-9-8-20(25)11-21(22)24(29)31/h2-3,6-9,11,16-17H,4-5,10,12-15H2,1H3,(H,26,30). The van der Waals surface area contributed by atoms with Crippen molar-refractivity contribution in [1.29, 1.82) is 0 Å². The molecule has 0 saturated carbocycles. The van der Waals surface area contributed by atoms with Gasteiger partial charge in [0.2, 0.25) is 5.91 Å². The summed E-state index contributed by atoms with van der Waals surface area (Å²) in [5.41, 5.74) is 2.25. The van der Waals surface area contributed by atoms with Crippen LogP contribution < -0.4 is 10.9 Å². The third-order valence-corrected chi connectivity index (χ3v) is 5.83. The molecule has 31 heavy (non-hydrogen) atoms. The number of amides is 1. The molecule has 1 aliphatic heterocycles. The molecule has 1 amide bonds. The van der Waals surface area contributed by atoms with E-state index in [9.17, 15) is 14.0 Å². The molecule has 1 N–H and O–H groups in total. The number of benzene rings is 2. The molecule has 0 spiro atoms. The molecule has 2 heterocycles. The quantitative estimate of drug-likeness (QED) is 0.663. The first-order valence-corrected chi connectivity index (χ1v) is 10.7. The number of carbonyl (C=O) groups excluding carboxylic acids is 1. The van der Waals surface area contributed by atoms with Gasteiger partial charge in [-0.1, -0.05) is 31.2 Å². The van der Waals surface area contributed by atoms with Crippen molar-refractivity contribution in [2.24, 2.45) is 5.92 Å². The number of likely N-dealkylation sites (tertiary alicyclic amines) is 1. The SMILES string of the molecule is CC1CCCN(Cc2ccccc2CNC(=O)Cn2cnc3ccc(F)cc3c2=O)C1. The number of hydrogen-bond donors (Lipinski definition) is 1. The van der Waals surface area contributed by atoms with Gasteiger partial charge >= 0.3 is 0 Å². The van der Waals surface area contributed by atoms with Gasteiger partial charge in [0.05, 0.1) is 17.2 Å². The molecule has 1 aliphatic rings. The summed E-state index contributed by atoms with van der Waals surface area (Å²) >= 11 is 0. The molecule has 0 bridgehead atoms. The molecule has 4 rings (SSSR count). The molecule has 162 valence electrons. The minimum absolute atomic E-state index is 0.163. The molecule has 1 unspecified atom stereocenters. The van der Waals surface area contributed by atoms with Crippen LogP contribution in [0.4, 0.5) is 4.39 Å². The van der Waals surface area contributed by atoms with Crippen molar-refractivity contribution in [1.82, 2.24) is 19.8 Å². The van der Waals surface area contributed by atoms with Crippen LogP contribution in [-0.2, 0) is 24.4 Å². The number of aromatic nitrogens is 2. The summed E-state index contributed by atoms with van der Waals surface area (Å²) in [5.74, 6) is -0.0858. The Morgan fingerprint density at radius 1 is 1.23 bits per heavy atom. The summed E-state index contributed by atoms with van der Waals surface area (Å²) in [6.07, 6.45) is 3.83. The van der Waals surface area contributed by atoms with E-state index in [1.54, 1.807) is 0 Å². The number of hydrogen-bond acceptors (Lipinski definition) is 4. The Balaban J connectivity index is 1.41. The van der Waals surface area contributed by atoms with Crippen LogP contribution in [0, 0.1) is 11.7 Å².